The molecule has 140 valence electrons. The highest BCUT2D eigenvalue weighted by Gasteiger charge is 2.17. The zero-order chi connectivity index (χ0) is 19.4. The van der Waals surface area contributed by atoms with Crippen molar-refractivity contribution in [3.8, 4) is 5.69 Å². The van der Waals surface area contributed by atoms with Crippen molar-refractivity contribution in [1.82, 2.24) is 9.78 Å². The molecule has 0 radical (unpaired) electrons. The van der Waals surface area contributed by atoms with Crippen LogP contribution in [0.4, 0.5) is 11.4 Å². The lowest BCUT2D eigenvalue weighted by atomic mass is 10.1. The number of benzene rings is 2. The number of nitrogens with zero attached hydrogens (tertiary/aromatic N) is 2. The van der Waals surface area contributed by atoms with E-state index in [1.54, 1.807) is 35.1 Å². The van der Waals surface area contributed by atoms with Crippen LogP contribution in [0.2, 0.25) is 0 Å². The van der Waals surface area contributed by atoms with Crippen LogP contribution in [0.3, 0.4) is 0 Å². The molecule has 0 aliphatic heterocycles. The molecule has 2 N–H and O–H groups in total. The number of carbonyl (C=O) groups excluding carboxylic acids is 1. The molecule has 3 aromatic rings. The third kappa shape index (κ3) is 4.53. The second-order valence-corrected chi connectivity index (χ2v) is 7.76. The SMILES string of the molecule is CCc1c(C(=O)Nc2ccc(NS(C)(=O)=O)cc2)cnn1-c1ccccc1. The largest absolute Gasteiger partial charge is 0.322 e. The molecular formula is C19H20N4O3S. The average molecular weight is 384 g/mol. The molecule has 2 aromatic carbocycles. The van der Waals surface area contributed by atoms with Crippen molar-refractivity contribution in [2.75, 3.05) is 16.3 Å². The summed E-state index contributed by atoms with van der Waals surface area (Å²) in [5, 5.41) is 7.17. The van der Waals surface area contributed by atoms with Crippen LogP contribution in [0.25, 0.3) is 5.69 Å². The highest BCUT2D eigenvalue weighted by atomic mass is 32.2. The molecule has 0 aliphatic carbocycles. The Kier molecular flexibility index (Phi) is 5.27. The van der Waals surface area contributed by atoms with Gasteiger partial charge in [-0.1, -0.05) is 25.1 Å². The summed E-state index contributed by atoms with van der Waals surface area (Å²) in [6.45, 7) is 1.97. The molecule has 0 fully saturated rings. The lowest BCUT2D eigenvalue weighted by Crippen LogP contribution is -2.14. The summed E-state index contributed by atoms with van der Waals surface area (Å²) in [6.07, 6.45) is 3.29. The number of amides is 1. The molecular weight excluding hydrogens is 364 g/mol. The minimum absolute atomic E-state index is 0.266. The van der Waals surface area contributed by atoms with Gasteiger partial charge in [0.15, 0.2) is 0 Å². The zero-order valence-corrected chi connectivity index (χ0v) is 15.8. The Balaban J connectivity index is 1.80. The first-order valence-corrected chi connectivity index (χ1v) is 10.3. The first kappa shape index (κ1) is 18.7. The molecule has 0 saturated heterocycles. The van der Waals surface area contributed by atoms with Crippen molar-refractivity contribution in [2.45, 2.75) is 13.3 Å². The van der Waals surface area contributed by atoms with Crippen molar-refractivity contribution in [3.05, 3.63) is 72.1 Å². The lowest BCUT2D eigenvalue weighted by molar-refractivity contribution is 0.102. The minimum Gasteiger partial charge on any atom is -0.322 e. The van der Waals surface area contributed by atoms with E-state index in [9.17, 15) is 13.2 Å². The monoisotopic (exact) mass is 384 g/mol. The number of aromatic nitrogens is 2. The normalized spacial score (nSPS) is 11.2. The summed E-state index contributed by atoms with van der Waals surface area (Å²) >= 11 is 0. The predicted molar refractivity (Wildman–Crippen MR) is 106 cm³/mol. The Morgan fingerprint density at radius 3 is 2.26 bits per heavy atom. The van der Waals surface area contributed by atoms with E-state index in [2.05, 4.69) is 15.1 Å². The Hall–Kier alpha value is -3.13. The topological polar surface area (TPSA) is 93.1 Å². The van der Waals surface area contributed by atoms with Crippen LogP contribution in [0.5, 0.6) is 0 Å². The van der Waals surface area contributed by atoms with E-state index in [1.165, 1.54) is 0 Å². The molecule has 7 nitrogen and oxygen atoms in total. The van der Waals surface area contributed by atoms with Gasteiger partial charge in [-0.2, -0.15) is 5.10 Å². The first-order chi connectivity index (χ1) is 12.9. The smallest absolute Gasteiger partial charge is 0.259 e. The highest BCUT2D eigenvalue weighted by Crippen LogP contribution is 2.19. The number of hydrogen-bond donors (Lipinski definition) is 2. The van der Waals surface area contributed by atoms with Gasteiger partial charge in [-0.3, -0.25) is 9.52 Å². The van der Waals surface area contributed by atoms with Gasteiger partial charge in [0.25, 0.3) is 5.91 Å². The van der Waals surface area contributed by atoms with Crippen molar-refractivity contribution < 1.29 is 13.2 Å². The molecule has 27 heavy (non-hydrogen) atoms. The molecule has 1 aromatic heterocycles. The van der Waals surface area contributed by atoms with Crippen molar-refractivity contribution in [3.63, 3.8) is 0 Å². The van der Waals surface area contributed by atoms with Gasteiger partial charge in [0.2, 0.25) is 10.0 Å². The van der Waals surface area contributed by atoms with Gasteiger partial charge in [0, 0.05) is 11.4 Å². The number of sulfonamides is 1. The van der Waals surface area contributed by atoms with Crippen LogP contribution < -0.4 is 10.0 Å². The number of para-hydroxylation sites is 1. The van der Waals surface area contributed by atoms with Crippen LogP contribution in [0.1, 0.15) is 23.0 Å². The van der Waals surface area contributed by atoms with Gasteiger partial charge >= 0.3 is 0 Å². The number of anilines is 2. The van der Waals surface area contributed by atoms with E-state index in [-0.39, 0.29) is 5.91 Å². The second-order valence-electron chi connectivity index (χ2n) is 6.01. The molecule has 0 bridgehead atoms. The van der Waals surface area contributed by atoms with Gasteiger partial charge in [-0.15, -0.1) is 0 Å². The Morgan fingerprint density at radius 1 is 1.04 bits per heavy atom. The fourth-order valence-corrected chi connectivity index (χ4v) is 3.29. The molecule has 0 unspecified atom stereocenters. The van der Waals surface area contributed by atoms with Gasteiger partial charge in [-0.05, 0) is 42.8 Å². The van der Waals surface area contributed by atoms with Crippen LogP contribution in [-0.2, 0) is 16.4 Å². The van der Waals surface area contributed by atoms with E-state index >= 15 is 0 Å². The molecule has 1 amide bonds. The fourth-order valence-electron chi connectivity index (χ4n) is 2.73. The van der Waals surface area contributed by atoms with E-state index in [4.69, 9.17) is 0 Å². The van der Waals surface area contributed by atoms with Crippen LogP contribution in [-0.4, -0.2) is 30.4 Å². The molecule has 0 spiro atoms. The van der Waals surface area contributed by atoms with Crippen LogP contribution in [0, 0.1) is 0 Å². The number of rotatable bonds is 6. The molecule has 0 atom stereocenters. The second kappa shape index (κ2) is 7.63. The standard InChI is InChI=1S/C19H20N4O3S/c1-3-18-17(13-20-23(18)16-7-5-4-6-8-16)19(24)21-14-9-11-15(12-10-14)22-27(2,25)26/h4-13,22H,3H2,1-2H3,(H,21,24). The zero-order valence-electron chi connectivity index (χ0n) is 15.0. The quantitative estimate of drug-likeness (QED) is 0.683. The van der Waals surface area contributed by atoms with E-state index in [1.807, 2.05) is 37.3 Å². The van der Waals surface area contributed by atoms with Gasteiger partial charge in [0.05, 0.1) is 29.4 Å². The summed E-state index contributed by atoms with van der Waals surface area (Å²) in [7, 11) is -3.34. The van der Waals surface area contributed by atoms with E-state index < -0.39 is 10.0 Å². The number of hydrogen-bond acceptors (Lipinski definition) is 4. The fraction of sp³-hybridized carbons (Fsp3) is 0.158. The maximum absolute atomic E-state index is 12.7. The summed E-state index contributed by atoms with van der Waals surface area (Å²) in [4.78, 5) is 12.7. The maximum atomic E-state index is 12.7. The van der Waals surface area contributed by atoms with Crippen molar-refractivity contribution in [1.29, 1.82) is 0 Å². The first-order valence-electron chi connectivity index (χ1n) is 8.39. The Morgan fingerprint density at radius 2 is 1.67 bits per heavy atom. The third-order valence-corrected chi connectivity index (χ3v) is 4.50. The third-order valence-electron chi connectivity index (χ3n) is 3.90. The van der Waals surface area contributed by atoms with Crippen molar-refractivity contribution in [2.24, 2.45) is 0 Å². The van der Waals surface area contributed by atoms with Crippen LogP contribution in [0.15, 0.2) is 60.8 Å². The van der Waals surface area contributed by atoms with E-state index in [0.717, 1.165) is 17.6 Å². The summed E-state index contributed by atoms with van der Waals surface area (Å²) in [6, 6.07) is 16.1. The molecule has 0 saturated carbocycles. The molecule has 0 aliphatic rings. The maximum Gasteiger partial charge on any atom is 0.259 e. The van der Waals surface area contributed by atoms with Gasteiger partial charge in [-0.25, -0.2) is 13.1 Å². The lowest BCUT2D eigenvalue weighted by Gasteiger charge is -2.09. The Labute approximate surface area is 158 Å². The Bertz CT molecular complexity index is 1040. The highest BCUT2D eigenvalue weighted by molar-refractivity contribution is 7.92. The molecule has 8 heteroatoms. The molecule has 3 rings (SSSR count). The summed E-state index contributed by atoms with van der Waals surface area (Å²) < 4.78 is 26.6. The van der Waals surface area contributed by atoms with Gasteiger partial charge < -0.3 is 5.32 Å². The molecule has 1 heterocycles. The predicted octanol–water partition coefficient (Wildman–Crippen LogP) is 3.06. The van der Waals surface area contributed by atoms with Gasteiger partial charge in [0.1, 0.15) is 0 Å². The average Bonchev–Trinajstić information content (AvgIpc) is 3.07. The summed E-state index contributed by atoms with van der Waals surface area (Å²) in [5.41, 5.74) is 3.20. The minimum atomic E-state index is -3.34. The van der Waals surface area contributed by atoms with Crippen molar-refractivity contribution >= 4 is 27.3 Å². The number of nitrogens with one attached hydrogen (secondary N) is 2. The van der Waals surface area contributed by atoms with Crippen LogP contribution >= 0.6 is 0 Å². The van der Waals surface area contributed by atoms with E-state index in [0.29, 0.717) is 23.4 Å². The summed E-state index contributed by atoms with van der Waals surface area (Å²) in [5.74, 6) is -0.266. The number of carbonyl (C=O) groups is 1.